The number of nitrogens with two attached hydrogens (primary N) is 1. The molecule has 0 aliphatic carbocycles. The smallest absolute Gasteiger partial charge is 0.250 e. The summed E-state index contributed by atoms with van der Waals surface area (Å²) >= 11 is 6.98. The largest absolute Gasteiger partial charge is 0.329 e. The lowest BCUT2D eigenvalue weighted by molar-refractivity contribution is 0.363. The van der Waals surface area contributed by atoms with Gasteiger partial charge >= 0.3 is 0 Å². The van der Waals surface area contributed by atoms with E-state index in [0.717, 1.165) is 16.9 Å². The van der Waals surface area contributed by atoms with Crippen LogP contribution < -0.4 is 10.5 Å². The predicted molar refractivity (Wildman–Crippen MR) is 84.0 cm³/mol. The van der Waals surface area contributed by atoms with Crippen LogP contribution in [0.5, 0.6) is 0 Å². The van der Waals surface area contributed by atoms with Crippen molar-refractivity contribution in [1.82, 2.24) is 4.72 Å². The van der Waals surface area contributed by atoms with E-state index in [1.54, 1.807) is 13.0 Å². The fourth-order valence-electron chi connectivity index (χ4n) is 1.62. The van der Waals surface area contributed by atoms with Gasteiger partial charge in [0, 0.05) is 12.1 Å². The van der Waals surface area contributed by atoms with E-state index >= 15 is 0 Å². The van der Waals surface area contributed by atoms with Crippen molar-refractivity contribution in [3.05, 3.63) is 16.0 Å². The summed E-state index contributed by atoms with van der Waals surface area (Å²) in [6.07, 6.45) is 1.30. The maximum absolute atomic E-state index is 12.3. The minimum Gasteiger partial charge on any atom is -0.329 e. The lowest BCUT2D eigenvalue weighted by Gasteiger charge is -2.30. The van der Waals surface area contributed by atoms with Gasteiger partial charge in [0.1, 0.15) is 4.21 Å². The van der Waals surface area contributed by atoms with Gasteiger partial charge in [0.25, 0.3) is 10.0 Å². The summed E-state index contributed by atoms with van der Waals surface area (Å²) < 4.78 is 28.0. The molecular formula is C11H20Cl2N2O2S2. The molecule has 4 nitrogen and oxygen atoms in total. The van der Waals surface area contributed by atoms with Crippen LogP contribution in [0.1, 0.15) is 32.3 Å². The zero-order valence-electron chi connectivity index (χ0n) is 11.2. The third-order valence-electron chi connectivity index (χ3n) is 3.19. The van der Waals surface area contributed by atoms with Crippen LogP contribution >= 0.6 is 35.3 Å². The Kier molecular flexibility index (Phi) is 7.30. The molecular weight excluding hydrogens is 327 g/mol. The molecule has 0 spiro atoms. The van der Waals surface area contributed by atoms with Crippen molar-refractivity contribution >= 4 is 45.4 Å². The topological polar surface area (TPSA) is 72.2 Å². The third kappa shape index (κ3) is 4.31. The van der Waals surface area contributed by atoms with Crippen molar-refractivity contribution < 1.29 is 8.42 Å². The lowest BCUT2D eigenvalue weighted by Crippen LogP contribution is -2.52. The molecule has 3 N–H and O–H groups in total. The Morgan fingerprint density at radius 3 is 2.26 bits per heavy atom. The second-order valence-corrected chi connectivity index (χ2v) is 7.88. The van der Waals surface area contributed by atoms with E-state index in [4.69, 9.17) is 17.3 Å². The van der Waals surface area contributed by atoms with Gasteiger partial charge in [-0.2, -0.15) is 0 Å². The molecule has 0 aromatic carbocycles. The zero-order chi connectivity index (χ0) is 14.0. The first-order valence-corrected chi connectivity index (χ1v) is 8.48. The fraction of sp³-hybridized carbons (Fsp3) is 0.636. The first-order chi connectivity index (χ1) is 8.30. The molecule has 0 aliphatic rings. The van der Waals surface area contributed by atoms with E-state index in [9.17, 15) is 8.42 Å². The lowest BCUT2D eigenvalue weighted by atomic mass is 9.95. The van der Waals surface area contributed by atoms with Gasteiger partial charge in [-0.05, 0) is 31.4 Å². The maximum Gasteiger partial charge on any atom is 0.250 e. The Hall–Kier alpha value is 0.150. The highest BCUT2D eigenvalue weighted by atomic mass is 35.5. The fourth-order valence-corrected chi connectivity index (χ4v) is 4.89. The molecule has 0 atom stereocenters. The molecule has 1 aromatic rings. The van der Waals surface area contributed by atoms with Gasteiger partial charge in [-0.25, -0.2) is 13.1 Å². The number of thiophene rings is 1. The average molecular weight is 347 g/mol. The Bertz CT molecular complexity index is 483. The minimum atomic E-state index is -3.55. The van der Waals surface area contributed by atoms with Crippen molar-refractivity contribution in [2.45, 2.75) is 43.4 Å². The standard InChI is InChI=1S/C11H19ClN2O2S2.ClH/c1-4-11(5-2,7-13)14-18(15,16)9-6-8(3)10(12)17-9;/h6,14H,4-5,7,13H2,1-3H3;1H. The number of sulfonamides is 1. The highest BCUT2D eigenvalue weighted by molar-refractivity contribution is 7.91. The predicted octanol–water partition coefficient (Wildman–Crippen LogP) is 2.93. The number of aryl methyl sites for hydroxylation is 1. The molecule has 0 bridgehead atoms. The highest BCUT2D eigenvalue weighted by Gasteiger charge is 2.31. The number of hydrogen-bond acceptors (Lipinski definition) is 4. The van der Waals surface area contributed by atoms with Crippen LogP contribution in [-0.4, -0.2) is 20.5 Å². The van der Waals surface area contributed by atoms with E-state index in [0.29, 0.717) is 17.2 Å². The molecule has 8 heteroatoms. The Balaban J connectivity index is 0.00000324. The van der Waals surface area contributed by atoms with Gasteiger partial charge in [0.05, 0.1) is 4.34 Å². The van der Waals surface area contributed by atoms with Gasteiger partial charge in [0.15, 0.2) is 0 Å². The molecule has 112 valence electrons. The van der Waals surface area contributed by atoms with Gasteiger partial charge < -0.3 is 5.73 Å². The summed E-state index contributed by atoms with van der Waals surface area (Å²) in [4.78, 5) is 0. The van der Waals surface area contributed by atoms with Crippen LogP contribution in [0.4, 0.5) is 0 Å². The van der Waals surface area contributed by atoms with Gasteiger partial charge in [-0.15, -0.1) is 23.7 Å². The second kappa shape index (κ2) is 7.24. The van der Waals surface area contributed by atoms with Crippen LogP contribution in [0.2, 0.25) is 4.34 Å². The van der Waals surface area contributed by atoms with Crippen molar-refractivity contribution in [3.8, 4) is 0 Å². The quantitative estimate of drug-likeness (QED) is 0.831. The molecule has 19 heavy (non-hydrogen) atoms. The minimum absolute atomic E-state index is 0. The zero-order valence-corrected chi connectivity index (χ0v) is 14.4. The van der Waals surface area contributed by atoms with E-state index in [1.165, 1.54) is 0 Å². The number of nitrogens with one attached hydrogen (secondary N) is 1. The number of hydrogen-bond donors (Lipinski definition) is 2. The first kappa shape index (κ1) is 19.1. The Labute approximate surface area is 130 Å². The van der Waals surface area contributed by atoms with E-state index < -0.39 is 15.6 Å². The molecule has 0 unspecified atom stereocenters. The summed E-state index contributed by atoms with van der Waals surface area (Å²) in [5.74, 6) is 0. The van der Waals surface area contributed by atoms with Crippen LogP contribution in [0.3, 0.4) is 0 Å². The summed E-state index contributed by atoms with van der Waals surface area (Å²) in [6, 6.07) is 1.59. The van der Waals surface area contributed by atoms with Crippen molar-refractivity contribution in [2.75, 3.05) is 6.54 Å². The molecule has 0 saturated carbocycles. The van der Waals surface area contributed by atoms with E-state index in [2.05, 4.69) is 4.72 Å². The van der Waals surface area contributed by atoms with Crippen molar-refractivity contribution in [1.29, 1.82) is 0 Å². The first-order valence-electron chi connectivity index (χ1n) is 5.80. The van der Waals surface area contributed by atoms with Crippen LogP contribution in [0.15, 0.2) is 10.3 Å². The summed E-state index contributed by atoms with van der Waals surface area (Å²) in [6.45, 7) is 5.90. The van der Waals surface area contributed by atoms with Crippen molar-refractivity contribution in [3.63, 3.8) is 0 Å². The normalized spacial score (nSPS) is 12.3. The monoisotopic (exact) mass is 346 g/mol. The van der Waals surface area contributed by atoms with Crippen LogP contribution in [0.25, 0.3) is 0 Å². The second-order valence-electron chi connectivity index (χ2n) is 4.32. The number of rotatable bonds is 6. The summed E-state index contributed by atoms with van der Waals surface area (Å²) in [7, 11) is -3.55. The molecule has 0 aliphatic heterocycles. The Morgan fingerprint density at radius 2 is 1.95 bits per heavy atom. The highest BCUT2D eigenvalue weighted by Crippen LogP contribution is 2.31. The van der Waals surface area contributed by atoms with E-state index in [1.807, 2.05) is 13.8 Å². The molecule has 1 heterocycles. The summed E-state index contributed by atoms with van der Waals surface area (Å²) in [5.41, 5.74) is 5.89. The van der Waals surface area contributed by atoms with Crippen LogP contribution in [0, 0.1) is 6.92 Å². The average Bonchev–Trinajstić information content (AvgIpc) is 2.68. The van der Waals surface area contributed by atoms with Crippen molar-refractivity contribution in [2.24, 2.45) is 5.73 Å². The summed E-state index contributed by atoms with van der Waals surface area (Å²) in [5, 5.41) is 0. The maximum atomic E-state index is 12.3. The molecule has 1 rings (SSSR count). The third-order valence-corrected chi connectivity index (χ3v) is 6.80. The SMILES string of the molecule is CCC(CC)(CN)NS(=O)(=O)c1cc(C)c(Cl)s1.Cl. The number of halogens is 2. The van der Waals surface area contributed by atoms with E-state index in [-0.39, 0.29) is 23.2 Å². The molecule has 0 amide bonds. The molecule has 0 saturated heterocycles. The van der Waals surface area contributed by atoms with Gasteiger partial charge in [0.2, 0.25) is 0 Å². The van der Waals surface area contributed by atoms with Crippen LogP contribution in [-0.2, 0) is 10.0 Å². The molecule has 0 fully saturated rings. The molecule has 1 aromatic heterocycles. The molecule has 0 radical (unpaired) electrons. The van der Waals surface area contributed by atoms with Gasteiger partial charge in [-0.1, -0.05) is 25.4 Å². The van der Waals surface area contributed by atoms with Gasteiger partial charge in [-0.3, -0.25) is 0 Å². The Morgan fingerprint density at radius 1 is 1.42 bits per heavy atom.